The van der Waals surface area contributed by atoms with Crippen LogP contribution in [0.25, 0.3) is 0 Å². The molecule has 0 spiro atoms. The topological polar surface area (TPSA) is 85.8 Å². The maximum atomic E-state index is 7.89. The number of hydrogen-bond donors (Lipinski definition) is 3. The molecule has 1 aliphatic rings. The van der Waals surface area contributed by atoms with E-state index in [4.69, 9.17) is 14.7 Å². The van der Waals surface area contributed by atoms with Crippen LogP contribution in [-0.2, 0) is 9.35 Å². The minimum absolute atomic E-state index is 0. The van der Waals surface area contributed by atoms with Crippen LogP contribution in [0.2, 0.25) is 0 Å². The molecule has 1 saturated heterocycles. The van der Waals surface area contributed by atoms with E-state index in [2.05, 4.69) is 9.35 Å². The first kappa shape index (κ1) is 14.1. The number of hydrogen-bond acceptors (Lipinski definition) is 5. The van der Waals surface area contributed by atoms with E-state index in [1.807, 2.05) is 0 Å². The van der Waals surface area contributed by atoms with Crippen molar-refractivity contribution in [1.29, 1.82) is 0 Å². The average molecular weight is 194 g/mol. The molecule has 1 fully saturated rings. The molecule has 0 radical (unpaired) electrons. The fourth-order valence-electron chi connectivity index (χ4n) is 0.0447. The van der Waals surface area contributed by atoms with Gasteiger partial charge in [0.2, 0.25) is 0 Å². The van der Waals surface area contributed by atoms with E-state index in [-0.39, 0.29) is 103 Å². The first-order valence-corrected chi connectivity index (χ1v) is 3.06. The molecule has 0 aliphatic carbocycles. The zero-order valence-electron chi connectivity index (χ0n) is 2.61. The van der Waals surface area contributed by atoms with Gasteiger partial charge in [-0.1, -0.05) is 0 Å². The summed E-state index contributed by atoms with van der Waals surface area (Å²) in [7, 11) is -4.80. The molecule has 0 unspecified atom stereocenters. The Balaban J connectivity index is 0. The van der Waals surface area contributed by atoms with Crippen molar-refractivity contribution in [1.82, 2.24) is 0 Å². The van der Waals surface area contributed by atoms with Crippen LogP contribution in [0.15, 0.2) is 0 Å². The summed E-state index contributed by atoms with van der Waals surface area (Å²) in [4.78, 5) is 23.7. The Kier molecular flexibility index (Phi) is 6.93. The Labute approximate surface area is 131 Å². The summed E-state index contributed by atoms with van der Waals surface area (Å²) in [5.41, 5.74) is 0. The molecule has 3 N–H and O–H groups in total. The summed E-state index contributed by atoms with van der Waals surface area (Å²) in [6, 6.07) is 0. The SMILES string of the molecule is OP1(O)(O)OO1.[KH].[KH]. The molecule has 1 rings (SSSR count). The Morgan fingerprint density at radius 1 is 0.875 bits per heavy atom. The van der Waals surface area contributed by atoms with Crippen LogP contribution in [0, 0.1) is 0 Å². The van der Waals surface area contributed by atoms with Crippen molar-refractivity contribution in [2.24, 2.45) is 0 Å². The fraction of sp³-hybridized carbons (Fsp3) is 0. The standard InChI is InChI=1S/2K.H3O5P.2H/c;;1-6(2,3)4-5-6;;/h;;1-3H;;. The molecular weight excluding hydrogens is 189 g/mol. The van der Waals surface area contributed by atoms with Crippen molar-refractivity contribution in [2.75, 3.05) is 0 Å². The molecule has 0 amide bonds. The summed E-state index contributed by atoms with van der Waals surface area (Å²) in [6.07, 6.45) is 0. The summed E-state index contributed by atoms with van der Waals surface area (Å²) in [5, 5.41) is 0. The van der Waals surface area contributed by atoms with Gasteiger partial charge in [0, 0.05) is 0 Å². The maximum absolute atomic E-state index is 7.89. The van der Waals surface area contributed by atoms with Crippen molar-refractivity contribution in [2.45, 2.75) is 0 Å². The molecule has 8 heavy (non-hydrogen) atoms. The third-order valence-electron chi connectivity index (χ3n) is 0.275. The average Bonchev–Trinajstić information content (AvgIpc) is 1.73. The molecule has 0 aromatic carbocycles. The van der Waals surface area contributed by atoms with Crippen molar-refractivity contribution in [3.05, 3.63) is 0 Å². The van der Waals surface area contributed by atoms with Crippen LogP contribution in [0.4, 0.5) is 0 Å². The van der Waals surface area contributed by atoms with Crippen LogP contribution in [-0.4, -0.2) is 117 Å². The molecule has 1 aliphatic heterocycles. The van der Waals surface area contributed by atoms with Crippen molar-refractivity contribution in [3.8, 4) is 0 Å². The Hall–Kier alpha value is 3.50. The summed E-state index contributed by atoms with van der Waals surface area (Å²) >= 11 is 0. The van der Waals surface area contributed by atoms with E-state index < -0.39 is 7.74 Å². The second-order valence-electron chi connectivity index (χ2n) is 0.982. The molecule has 1 heterocycles. The Bertz CT molecular complexity index is 74.2. The Morgan fingerprint density at radius 2 is 1.00 bits per heavy atom. The van der Waals surface area contributed by atoms with Gasteiger partial charge in [0.05, 0.1) is 0 Å². The van der Waals surface area contributed by atoms with E-state index in [0.717, 1.165) is 0 Å². The molecular formula is H5K2O5P. The molecule has 0 aromatic heterocycles. The first-order chi connectivity index (χ1) is 2.47. The summed E-state index contributed by atoms with van der Waals surface area (Å²) in [6.45, 7) is 0. The van der Waals surface area contributed by atoms with Crippen molar-refractivity contribution in [3.63, 3.8) is 0 Å². The van der Waals surface area contributed by atoms with Gasteiger partial charge in [0.25, 0.3) is 0 Å². The third-order valence-corrected chi connectivity index (χ3v) is 0.824. The van der Waals surface area contributed by atoms with Gasteiger partial charge in [0.1, 0.15) is 0 Å². The van der Waals surface area contributed by atoms with Gasteiger partial charge < -0.3 is 0 Å². The first-order valence-electron chi connectivity index (χ1n) is 1.13. The summed E-state index contributed by atoms with van der Waals surface area (Å²) in [5.74, 6) is 0. The van der Waals surface area contributed by atoms with Gasteiger partial charge in [0.15, 0.2) is 0 Å². The van der Waals surface area contributed by atoms with E-state index in [1.165, 1.54) is 0 Å². The second kappa shape index (κ2) is 3.95. The molecule has 5 nitrogen and oxygen atoms in total. The molecule has 0 aromatic rings. The zero-order valence-corrected chi connectivity index (χ0v) is 3.50. The van der Waals surface area contributed by atoms with Gasteiger partial charge in [-0.25, -0.2) is 0 Å². The van der Waals surface area contributed by atoms with Crippen LogP contribution >= 0.6 is 7.74 Å². The molecule has 0 saturated carbocycles. The van der Waals surface area contributed by atoms with Crippen LogP contribution < -0.4 is 0 Å². The van der Waals surface area contributed by atoms with E-state index in [0.29, 0.717) is 0 Å². The third kappa shape index (κ3) is 6.23. The summed E-state index contributed by atoms with van der Waals surface area (Å²) < 4.78 is 6.76. The molecule has 42 valence electrons. The normalized spacial score (nSPS) is 32.1. The quantitative estimate of drug-likeness (QED) is 0.176. The van der Waals surface area contributed by atoms with Gasteiger partial charge in [-0.2, -0.15) is 0 Å². The minimum atomic E-state index is -4.80. The van der Waals surface area contributed by atoms with Crippen molar-refractivity contribution >= 4 is 111 Å². The van der Waals surface area contributed by atoms with E-state index in [1.54, 1.807) is 0 Å². The Morgan fingerprint density at radius 3 is 1.00 bits per heavy atom. The fourth-order valence-corrected chi connectivity index (χ4v) is 0.402. The van der Waals surface area contributed by atoms with Gasteiger partial charge in [-0.05, 0) is 0 Å². The molecule has 0 bridgehead atoms. The predicted octanol–water partition coefficient (Wildman–Crippen LogP) is -2.24. The van der Waals surface area contributed by atoms with E-state index in [9.17, 15) is 0 Å². The predicted molar refractivity (Wildman–Crippen MR) is 30.0 cm³/mol. The molecule has 8 heteroatoms. The van der Waals surface area contributed by atoms with Gasteiger partial charge >= 0.3 is 135 Å². The number of rotatable bonds is 0. The monoisotopic (exact) mass is 194 g/mol. The van der Waals surface area contributed by atoms with Gasteiger partial charge in [-0.15, -0.1) is 0 Å². The van der Waals surface area contributed by atoms with Gasteiger partial charge in [-0.3, -0.25) is 0 Å². The van der Waals surface area contributed by atoms with Crippen LogP contribution in [0.3, 0.4) is 0 Å². The van der Waals surface area contributed by atoms with Crippen molar-refractivity contribution < 1.29 is 24.0 Å². The second-order valence-corrected chi connectivity index (χ2v) is 2.95. The van der Waals surface area contributed by atoms with Crippen LogP contribution in [0.5, 0.6) is 0 Å². The van der Waals surface area contributed by atoms with E-state index >= 15 is 0 Å². The van der Waals surface area contributed by atoms with Crippen LogP contribution in [0.1, 0.15) is 0 Å². The molecule has 0 atom stereocenters. The zero-order chi connectivity index (χ0) is 4.86.